The molecule has 0 bridgehead atoms. The van der Waals surface area contributed by atoms with Gasteiger partial charge in [-0.05, 0) is 35.9 Å². The summed E-state index contributed by atoms with van der Waals surface area (Å²) in [6.07, 6.45) is -1.22. The number of benzene rings is 2. The molecule has 0 radical (unpaired) electrons. The molecule has 0 unspecified atom stereocenters. The zero-order valence-corrected chi connectivity index (χ0v) is 12.0. The first-order chi connectivity index (χ1) is 10.9. The van der Waals surface area contributed by atoms with Crippen molar-refractivity contribution in [2.45, 2.75) is 12.7 Å². The molecule has 118 valence electrons. The van der Waals surface area contributed by atoms with Gasteiger partial charge in [-0.1, -0.05) is 18.2 Å². The van der Waals surface area contributed by atoms with Crippen LogP contribution in [0.4, 0.5) is 13.2 Å². The Balaban J connectivity index is 1.97. The first-order valence-electron chi connectivity index (χ1n) is 6.91. The van der Waals surface area contributed by atoms with E-state index in [-0.39, 0.29) is 17.9 Å². The molecule has 3 aromatic rings. The van der Waals surface area contributed by atoms with Crippen LogP contribution in [0.5, 0.6) is 5.75 Å². The van der Waals surface area contributed by atoms with Crippen molar-refractivity contribution in [3.05, 3.63) is 72.1 Å². The largest absolute Gasteiger partial charge is 0.508 e. The standard InChI is InChI=1S/C17H13F3N2O/c18-17(19,20)15-4-2-1-3-13(15)11-22-10-9-21-16(22)12-5-7-14(23)8-6-12/h1-10,23H,11H2. The third kappa shape index (κ3) is 3.21. The Bertz CT molecular complexity index is 807. The molecule has 0 aliphatic carbocycles. The minimum Gasteiger partial charge on any atom is -0.508 e. The quantitative estimate of drug-likeness (QED) is 0.781. The molecule has 2 aromatic carbocycles. The normalized spacial score (nSPS) is 11.6. The summed E-state index contributed by atoms with van der Waals surface area (Å²) < 4.78 is 40.9. The molecule has 3 rings (SSSR count). The van der Waals surface area contributed by atoms with Crippen molar-refractivity contribution in [3.8, 4) is 17.1 Å². The molecule has 23 heavy (non-hydrogen) atoms. The third-order valence-electron chi connectivity index (χ3n) is 3.50. The molecule has 0 atom stereocenters. The van der Waals surface area contributed by atoms with Crippen molar-refractivity contribution in [1.82, 2.24) is 9.55 Å². The maximum Gasteiger partial charge on any atom is 0.416 e. The summed E-state index contributed by atoms with van der Waals surface area (Å²) in [4.78, 5) is 4.20. The summed E-state index contributed by atoms with van der Waals surface area (Å²) in [6, 6.07) is 11.9. The Morgan fingerprint density at radius 3 is 2.39 bits per heavy atom. The lowest BCUT2D eigenvalue weighted by Crippen LogP contribution is -2.11. The van der Waals surface area contributed by atoms with Gasteiger partial charge >= 0.3 is 6.18 Å². The van der Waals surface area contributed by atoms with Crippen LogP contribution in [0.1, 0.15) is 11.1 Å². The van der Waals surface area contributed by atoms with Gasteiger partial charge in [0.05, 0.1) is 5.56 Å². The number of halogens is 3. The number of aromatic hydroxyl groups is 1. The molecule has 0 saturated heterocycles. The van der Waals surface area contributed by atoms with Gasteiger partial charge in [0, 0.05) is 24.5 Å². The van der Waals surface area contributed by atoms with E-state index in [0.29, 0.717) is 5.82 Å². The average Bonchev–Trinajstić information content (AvgIpc) is 2.96. The minimum absolute atomic E-state index is 0.0614. The minimum atomic E-state index is -4.39. The molecule has 1 N–H and O–H groups in total. The number of rotatable bonds is 3. The second kappa shape index (κ2) is 5.79. The lowest BCUT2D eigenvalue weighted by molar-refractivity contribution is -0.138. The molecule has 1 aromatic heterocycles. The van der Waals surface area contributed by atoms with E-state index in [4.69, 9.17) is 0 Å². The van der Waals surface area contributed by atoms with E-state index in [0.717, 1.165) is 11.6 Å². The van der Waals surface area contributed by atoms with E-state index in [1.807, 2.05) is 0 Å². The van der Waals surface area contributed by atoms with E-state index in [1.165, 1.54) is 24.3 Å². The highest BCUT2D eigenvalue weighted by molar-refractivity contribution is 5.57. The highest BCUT2D eigenvalue weighted by Crippen LogP contribution is 2.32. The van der Waals surface area contributed by atoms with Crippen LogP contribution in [0.3, 0.4) is 0 Å². The van der Waals surface area contributed by atoms with Gasteiger partial charge < -0.3 is 9.67 Å². The van der Waals surface area contributed by atoms with E-state index >= 15 is 0 Å². The fourth-order valence-corrected chi connectivity index (χ4v) is 2.43. The van der Waals surface area contributed by atoms with Crippen LogP contribution < -0.4 is 0 Å². The lowest BCUT2D eigenvalue weighted by Gasteiger charge is -2.14. The average molecular weight is 318 g/mol. The van der Waals surface area contributed by atoms with E-state index < -0.39 is 11.7 Å². The molecular formula is C17H13F3N2O. The van der Waals surface area contributed by atoms with Crippen molar-refractivity contribution in [3.63, 3.8) is 0 Å². The second-order valence-corrected chi connectivity index (χ2v) is 5.08. The smallest absolute Gasteiger partial charge is 0.416 e. The first-order valence-corrected chi connectivity index (χ1v) is 6.91. The Kier molecular flexibility index (Phi) is 3.82. The summed E-state index contributed by atoms with van der Waals surface area (Å²) in [6.45, 7) is 0.0614. The molecule has 0 saturated carbocycles. The van der Waals surface area contributed by atoms with E-state index in [1.54, 1.807) is 35.2 Å². The monoisotopic (exact) mass is 318 g/mol. The molecule has 0 spiro atoms. The topological polar surface area (TPSA) is 38.1 Å². The molecule has 0 aliphatic rings. The predicted octanol–water partition coefficient (Wildman–Crippen LogP) is 4.32. The van der Waals surface area contributed by atoms with Crippen LogP contribution >= 0.6 is 0 Å². The fourth-order valence-electron chi connectivity index (χ4n) is 2.43. The van der Waals surface area contributed by atoms with Gasteiger partial charge in [-0.25, -0.2) is 4.98 Å². The van der Waals surface area contributed by atoms with E-state index in [2.05, 4.69) is 4.98 Å². The van der Waals surface area contributed by atoms with Gasteiger partial charge in [0.1, 0.15) is 11.6 Å². The number of phenolic OH excluding ortho intramolecular Hbond substituents is 1. The molecule has 0 amide bonds. The number of alkyl halides is 3. The van der Waals surface area contributed by atoms with Gasteiger partial charge in [0.15, 0.2) is 0 Å². The zero-order valence-electron chi connectivity index (χ0n) is 12.0. The van der Waals surface area contributed by atoms with E-state index in [9.17, 15) is 18.3 Å². The van der Waals surface area contributed by atoms with Crippen molar-refractivity contribution >= 4 is 0 Å². The van der Waals surface area contributed by atoms with Crippen LogP contribution in [0, 0.1) is 0 Å². The number of imidazole rings is 1. The first kappa shape index (κ1) is 15.1. The van der Waals surface area contributed by atoms with Crippen LogP contribution in [-0.4, -0.2) is 14.7 Å². The highest BCUT2D eigenvalue weighted by atomic mass is 19.4. The Morgan fingerprint density at radius 1 is 1.00 bits per heavy atom. The number of hydrogen-bond acceptors (Lipinski definition) is 2. The van der Waals surface area contributed by atoms with Gasteiger partial charge in [-0.3, -0.25) is 0 Å². The van der Waals surface area contributed by atoms with Gasteiger partial charge in [0.2, 0.25) is 0 Å². The van der Waals surface area contributed by atoms with Crippen LogP contribution in [0.2, 0.25) is 0 Å². The molecule has 6 heteroatoms. The Hall–Kier alpha value is -2.76. The summed E-state index contributed by atoms with van der Waals surface area (Å²) >= 11 is 0. The second-order valence-electron chi connectivity index (χ2n) is 5.08. The molecule has 1 heterocycles. The molecule has 0 fully saturated rings. The van der Waals surface area contributed by atoms with Crippen LogP contribution in [0.15, 0.2) is 60.9 Å². The number of aromatic nitrogens is 2. The zero-order chi connectivity index (χ0) is 16.4. The van der Waals surface area contributed by atoms with Crippen molar-refractivity contribution in [2.24, 2.45) is 0 Å². The molecular weight excluding hydrogens is 305 g/mol. The molecule has 3 nitrogen and oxygen atoms in total. The van der Waals surface area contributed by atoms with Gasteiger partial charge in [-0.15, -0.1) is 0 Å². The van der Waals surface area contributed by atoms with Crippen LogP contribution in [0.25, 0.3) is 11.4 Å². The lowest BCUT2D eigenvalue weighted by atomic mass is 10.1. The number of hydrogen-bond donors (Lipinski definition) is 1. The Morgan fingerprint density at radius 2 is 1.70 bits per heavy atom. The highest BCUT2D eigenvalue weighted by Gasteiger charge is 2.32. The van der Waals surface area contributed by atoms with Gasteiger partial charge in [0.25, 0.3) is 0 Å². The van der Waals surface area contributed by atoms with Crippen molar-refractivity contribution < 1.29 is 18.3 Å². The number of nitrogens with zero attached hydrogens (tertiary/aromatic N) is 2. The van der Waals surface area contributed by atoms with Gasteiger partial charge in [-0.2, -0.15) is 13.2 Å². The van der Waals surface area contributed by atoms with Crippen molar-refractivity contribution in [1.29, 1.82) is 0 Å². The SMILES string of the molecule is Oc1ccc(-c2nccn2Cc2ccccc2C(F)(F)F)cc1. The maximum atomic E-state index is 13.1. The summed E-state index contributed by atoms with van der Waals surface area (Å²) in [5.41, 5.74) is 0.251. The number of phenols is 1. The molecule has 0 aliphatic heterocycles. The van der Waals surface area contributed by atoms with Crippen molar-refractivity contribution in [2.75, 3.05) is 0 Å². The maximum absolute atomic E-state index is 13.1. The Labute approximate surface area is 130 Å². The van der Waals surface area contributed by atoms with Crippen LogP contribution in [-0.2, 0) is 12.7 Å². The summed E-state index contributed by atoms with van der Waals surface area (Å²) in [5, 5.41) is 9.33. The third-order valence-corrected chi connectivity index (χ3v) is 3.50. The predicted molar refractivity (Wildman–Crippen MR) is 79.9 cm³/mol. The fraction of sp³-hybridized carbons (Fsp3) is 0.118. The summed E-state index contributed by atoms with van der Waals surface area (Å²) in [5.74, 6) is 0.663. The summed E-state index contributed by atoms with van der Waals surface area (Å²) in [7, 11) is 0.